The van der Waals surface area contributed by atoms with E-state index < -0.39 is 7.60 Å². The normalized spacial score (nSPS) is 13.8. The predicted octanol–water partition coefficient (Wildman–Crippen LogP) is 2.59. The summed E-state index contributed by atoms with van der Waals surface area (Å²) in [5, 5.41) is 0. The first-order chi connectivity index (χ1) is 6.06. The van der Waals surface area contributed by atoms with Crippen molar-refractivity contribution in [1.29, 1.82) is 0 Å². The molecule has 0 spiro atoms. The van der Waals surface area contributed by atoms with Gasteiger partial charge in [0.1, 0.15) is 0 Å². The van der Waals surface area contributed by atoms with Crippen LogP contribution in [0.2, 0.25) is 0 Å². The van der Waals surface area contributed by atoms with Crippen LogP contribution >= 0.6 is 7.60 Å². The third kappa shape index (κ3) is 11.4. The van der Waals surface area contributed by atoms with Crippen LogP contribution in [0, 0.1) is 0 Å². The number of unbranched alkanes of at least 4 members (excludes halogenated alkanes) is 1. The molecule has 4 heteroatoms. The molecule has 0 unspecified atom stereocenters. The Balaban J connectivity index is 3.76. The molecule has 0 saturated heterocycles. The van der Waals surface area contributed by atoms with E-state index in [1.54, 1.807) is 12.2 Å². The molecule has 0 saturated carbocycles. The molecule has 2 N–H and O–H groups in total. The minimum Gasteiger partial charge on any atom is -0.321 e. The molecule has 0 aliphatic heterocycles. The number of hydrogen-bond donors (Lipinski definition) is 2. The first-order valence-electron chi connectivity index (χ1n) is 4.12. The summed E-state index contributed by atoms with van der Waals surface area (Å²) in [4.78, 5) is 16.9. The molecule has 0 aromatic carbocycles. The van der Waals surface area contributed by atoms with Gasteiger partial charge in [-0.1, -0.05) is 43.7 Å². The molecule has 0 atom stereocenters. The molecule has 0 aromatic heterocycles. The summed E-state index contributed by atoms with van der Waals surface area (Å²) in [6, 6.07) is 0. The molecule has 0 amide bonds. The van der Waals surface area contributed by atoms with Crippen molar-refractivity contribution in [3.05, 3.63) is 36.2 Å². The fraction of sp³-hybridized carbons (Fsp3) is 0.333. The Morgan fingerprint density at radius 1 is 1.15 bits per heavy atom. The summed E-state index contributed by atoms with van der Waals surface area (Å²) in [6.07, 6.45) is 10.6. The summed E-state index contributed by atoms with van der Waals surface area (Å²) in [6.45, 7) is 2.09. The van der Waals surface area contributed by atoms with Crippen molar-refractivity contribution in [3.63, 3.8) is 0 Å². The number of allylic oxidation sites excluding steroid dienone is 5. The van der Waals surface area contributed by atoms with Gasteiger partial charge in [-0.05, 0) is 6.42 Å². The third-order valence-corrected chi connectivity index (χ3v) is 1.77. The molecule has 3 nitrogen and oxygen atoms in total. The fourth-order valence-electron chi connectivity index (χ4n) is 0.632. The molecular weight excluding hydrogens is 187 g/mol. The molecule has 0 heterocycles. The van der Waals surface area contributed by atoms with Crippen LogP contribution in [0.5, 0.6) is 0 Å². The summed E-state index contributed by atoms with van der Waals surface area (Å²) < 4.78 is 10.3. The highest BCUT2D eigenvalue weighted by Crippen LogP contribution is 2.35. The van der Waals surface area contributed by atoms with E-state index in [0.29, 0.717) is 0 Å². The molecular formula is C9H15O3P. The monoisotopic (exact) mass is 202 g/mol. The van der Waals surface area contributed by atoms with E-state index in [2.05, 4.69) is 6.92 Å². The maximum absolute atomic E-state index is 10.3. The molecule has 0 rings (SSSR count). The fourth-order valence-corrected chi connectivity index (χ4v) is 0.955. The van der Waals surface area contributed by atoms with Crippen LogP contribution in [-0.4, -0.2) is 9.79 Å². The lowest BCUT2D eigenvalue weighted by Crippen LogP contribution is -1.66. The summed E-state index contributed by atoms with van der Waals surface area (Å²) in [7, 11) is -3.98. The van der Waals surface area contributed by atoms with Crippen molar-refractivity contribution in [2.45, 2.75) is 19.8 Å². The van der Waals surface area contributed by atoms with Crippen molar-refractivity contribution in [2.75, 3.05) is 0 Å². The Kier molecular flexibility index (Phi) is 6.51. The van der Waals surface area contributed by atoms with Gasteiger partial charge in [0, 0.05) is 5.82 Å². The molecule has 0 radical (unpaired) electrons. The van der Waals surface area contributed by atoms with Crippen LogP contribution in [0.4, 0.5) is 0 Å². The Morgan fingerprint density at radius 2 is 1.77 bits per heavy atom. The van der Waals surface area contributed by atoms with Crippen molar-refractivity contribution < 1.29 is 14.4 Å². The maximum atomic E-state index is 10.3. The van der Waals surface area contributed by atoms with E-state index in [1.807, 2.05) is 12.2 Å². The van der Waals surface area contributed by atoms with Crippen molar-refractivity contribution in [2.24, 2.45) is 0 Å². The van der Waals surface area contributed by atoms with E-state index in [1.165, 1.54) is 6.08 Å². The van der Waals surface area contributed by atoms with Crippen LogP contribution < -0.4 is 0 Å². The van der Waals surface area contributed by atoms with E-state index >= 15 is 0 Å². The van der Waals surface area contributed by atoms with Crippen LogP contribution in [0.25, 0.3) is 0 Å². The van der Waals surface area contributed by atoms with Gasteiger partial charge in [0.15, 0.2) is 0 Å². The Hall–Kier alpha value is -0.630. The van der Waals surface area contributed by atoms with E-state index in [9.17, 15) is 4.57 Å². The van der Waals surface area contributed by atoms with Gasteiger partial charge in [-0.15, -0.1) is 0 Å². The Labute approximate surface area is 78.6 Å². The van der Waals surface area contributed by atoms with E-state index in [0.717, 1.165) is 18.7 Å². The van der Waals surface area contributed by atoms with Gasteiger partial charge in [-0.25, -0.2) is 0 Å². The molecule has 0 aliphatic rings. The second kappa shape index (κ2) is 6.84. The SMILES string of the molecule is CCCC=CC=CC=CP(=O)(O)O. The highest BCUT2D eigenvalue weighted by Gasteiger charge is 2.03. The second-order valence-corrected chi connectivity index (χ2v) is 4.01. The largest absolute Gasteiger partial charge is 0.349 e. The zero-order valence-corrected chi connectivity index (χ0v) is 8.52. The Morgan fingerprint density at radius 3 is 2.31 bits per heavy atom. The third-order valence-electron chi connectivity index (χ3n) is 1.21. The van der Waals surface area contributed by atoms with Gasteiger partial charge in [0.05, 0.1) is 0 Å². The first kappa shape index (κ1) is 12.4. The van der Waals surface area contributed by atoms with Gasteiger partial charge in [0.25, 0.3) is 0 Å². The lowest BCUT2D eigenvalue weighted by Gasteiger charge is -1.90. The van der Waals surface area contributed by atoms with Gasteiger partial charge in [-0.2, -0.15) is 0 Å². The topological polar surface area (TPSA) is 57.5 Å². The van der Waals surface area contributed by atoms with Gasteiger partial charge >= 0.3 is 7.60 Å². The van der Waals surface area contributed by atoms with Crippen LogP contribution in [0.3, 0.4) is 0 Å². The zero-order valence-electron chi connectivity index (χ0n) is 7.63. The highest BCUT2D eigenvalue weighted by atomic mass is 31.2. The van der Waals surface area contributed by atoms with Gasteiger partial charge in [0.2, 0.25) is 0 Å². The molecule has 0 aromatic rings. The lowest BCUT2D eigenvalue weighted by atomic mass is 10.3. The van der Waals surface area contributed by atoms with E-state index in [-0.39, 0.29) is 0 Å². The maximum Gasteiger partial charge on any atom is 0.349 e. The predicted molar refractivity (Wildman–Crippen MR) is 54.4 cm³/mol. The van der Waals surface area contributed by atoms with Crippen LogP contribution in [-0.2, 0) is 4.57 Å². The standard InChI is InChI=1S/C9H15O3P/c1-2-3-4-5-6-7-8-9-13(10,11)12/h4-9H,2-3H2,1H3,(H2,10,11,12). The average molecular weight is 202 g/mol. The molecule has 74 valence electrons. The van der Waals surface area contributed by atoms with Crippen molar-refractivity contribution in [1.82, 2.24) is 0 Å². The quantitative estimate of drug-likeness (QED) is 0.532. The first-order valence-corrected chi connectivity index (χ1v) is 5.80. The van der Waals surface area contributed by atoms with Crippen LogP contribution in [0.15, 0.2) is 36.2 Å². The van der Waals surface area contributed by atoms with Crippen molar-refractivity contribution in [3.8, 4) is 0 Å². The van der Waals surface area contributed by atoms with Gasteiger partial charge in [-0.3, -0.25) is 4.57 Å². The number of hydrogen-bond acceptors (Lipinski definition) is 1. The highest BCUT2D eigenvalue weighted by molar-refractivity contribution is 7.55. The van der Waals surface area contributed by atoms with Gasteiger partial charge < -0.3 is 9.79 Å². The molecule has 0 fully saturated rings. The summed E-state index contributed by atoms with van der Waals surface area (Å²) in [5.74, 6) is 0.872. The Bertz CT molecular complexity index is 248. The van der Waals surface area contributed by atoms with E-state index in [4.69, 9.17) is 9.79 Å². The number of rotatable bonds is 5. The smallest absolute Gasteiger partial charge is 0.321 e. The van der Waals surface area contributed by atoms with Crippen molar-refractivity contribution >= 4 is 7.60 Å². The average Bonchev–Trinajstić information content (AvgIpc) is 2.01. The summed E-state index contributed by atoms with van der Waals surface area (Å²) >= 11 is 0. The molecule has 13 heavy (non-hydrogen) atoms. The summed E-state index contributed by atoms with van der Waals surface area (Å²) in [5.41, 5.74) is 0. The zero-order chi connectivity index (χ0) is 10.2. The minimum absolute atomic E-state index is 0.872. The minimum atomic E-state index is -3.98. The van der Waals surface area contributed by atoms with Crippen LogP contribution in [0.1, 0.15) is 19.8 Å². The second-order valence-electron chi connectivity index (χ2n) is 2.53. The lowest BCUT2D eigenvalue weighted by molar-refractivity contribution is 0.386. The molecule has 0 aliphatic carbocycles. The molecule has 0 bridgehead atoms.